The Morgan fingerprint density at radius 2 is 1.93 bits per heavy atom. The van der Waals surface area contributed by atoms with E-state index in [4.69, 9.17) is 0 Å². The molecule has 79 valence electrons. The molecule has 15 heavy (non-hydrogen) atoms. The Hall–Kier alpha value is -2.04. The first kappa shape index (κ1) is 11.0. The van der Waals surface area contributed by atoms with Crippen LogP contribution >= 0.6 is 0 Å². The summed E-state index contributed by atoms with van der Waals surface area (Å²) in [6.45, 7) is 0.736. The molecule has 1 radical (unpaired) electrons. The fraction of sp³-hybridized carbons (Fsp3) is 0.200. The summed E-state index contributed by atoms with van der Waals surface area (Å²) in [5.41, 5.74) is 0.727. The van der Waals surface area contributed by atoms with Gasteiger partial charge < -0.3 is 16.0 Å². The SMILES string of the molecule is O=[C]NCCNC(=O)Nc1ccccc1. The largest absolute Gasteiger partial charge is 0.346 e. The molecular formula is C10H12N3O2. The first-order valence-corrected chi connectivity index (χ1v) is 4.53. The van der Waals surface area contributed by atoms with E-state index in [1.165, 1.54) is 6.41 Å². The topological polar surface area (TPSA) is 70.2 Å². The number of amides is 3. The first-order chi connectivity index (χ1) is 7.33. The quantitative estimate of drug-likeness (QED) is 0.484. The van der Waals surface area contributed by atoms with E-state index in [1.54, 1.807) is 12.1 Å². The molecule has 1 aromatic carbocycles. The molecule has 5 nitrogen and oxygen atoms in total. The number of benzene rings is 1. The fourth-order valence-corrected chi connectivity index (χ4v) is 0.986. The van der Waals surface area contributed by atoms with E-state index in [-0.39, 0.29) is 6.03 Å². The van der Waals surface area contributed by atoms with Crippen molar-refractivity contribution in [2.75, 3.05) is 18.4 Å². The van der Waals surface area contributed by atoms with Crippen molar-refractivity contribution in [1.82, 2.24) is 10.6 Å². The maximum absolute atomic E-state index is 11.2. The van der Waals surface area contributed by atoms with Crippen LogP contribution in [0, 0.1) is 0 Å². The molecule has 3 amide bonds. The van der Waals surface area contributed by atoms with Gasteiger partial charge in [-0.2, -0.15) is 0 Å². The molecule has 3 N–H and O–H groups in total. The average molecular weight is 206 g/mol. The Bertz CT molecular complexity index is 314. The highest BCUT2D eigenvalue weighted by Gasteiger charge is 1.98. The van der Waals surface area contributed by atoms with Crippen LogP contribution in [-0.2, 0) is 4.79 Å². The van der Waals surface area contributed by atoms with Crippen LogP contribution in [0.2, 0.25) is 0 Å². The Morgan fingerprint density at radius 1 is 1.20 bits per heavy atom. The number of hydrogen-bond acceptors (Lipinski definition) is 2. The molecule has 0 fully saturated rings. The number of nitrogens with one attached hydrogen (secondary N) is 3. The summed E-state index contributed by atoms with van der Waals surface area (Å²) in [5, 5.41) is 7.54. The summed E-state index contributed by atoms with van der Waals surface area (Å²) in [6.07, 6.45) is 1.52. The van der Waals surface area contributed by atoms with Crippen LogP contribution in [-0.4, -0.2) is 25.5 Å². The standard InChI is InChI=1S/C10H12N3O2/c14-8-11-6-7-12-10(15)13-9-4-2-1-3-5-9/h1-5H,6-7H2,(H,11,14)(H2,12,13,15). The molecule has 0 aliphatic heterocycles. The van der Waals surface area contributed by atoms with Gasteiger partial charge in [-0.3, -0.25) is 4.79 Å². The lowest BCUT2D eigenvalue weighted by Gasteiger charge is -2.06. The predicted octanol–water partition coefficient (Wildman–Crippen LogP) is 0.465. The number of rotatable bonds is 5. The van der Waals surface area contributed by atoms with Crippen LogP contribution in [0.4, 0.5) is 10.5 Å². The maximum Gasteiger partial charge on any atom is 0.319 e. The molecule has 0 aliphatic carbocycles. The van der Waals surface area contributed by atoms with Crippen LogP contribution in [0.3, 0.4) is 0 Å². The lowest BCUT2D eigenvalue weighted by atomic mass is 10.3. The third kappa shape index (κ3) is 4.66. The average Bonchev–Trinajstić information content (AvgIpc) is 2.26. The van der Waals surface area contributed by atoms with Crippen LogP contribution in [0.25, 0.3) is 0 Å². The Labute approximate surface area is 87.9 Å². The second kappa shape index (κ2) is 6.42. The molecule has 0 bridgehead atoms. The van der Waals surface area contributed by atoms with Crippen LogP contribution < -0.4 is 16.0 Å². The normalized spacial score (nSPS) is 9.07. The highest BCUT2D eigenvalue weighted by molar-refractivity contribution is 5.89. The number of carbonyl (C=O) groups is 1. The molecule has 0 aromatic heterocycles. The van der Waals surface area contributed by atoms with Crippen molar-refractivity contribution in [1.29, 1.82) is 0 Å². The van der Waals surface area contributed by atoms with E-state index < -0.39 is 0 Å². The zero-order chi connectivity index (χ0) is 10.9. The lowest BCUT2D eigenvalue weighted by molar-refractivity contribution is 0.252. The summed E-state index contributed by atoms with van der Waals surface area (Å²) < 4.78 is 0. The van der Waals surface area contributed by atoms with Crippen LogP contribution in [0.1, 0.15) is 0 Å². The molecule has 1 aromatic rings. The molecule has 0 aliphatic rings. The Kier molecular flexibility index (Phi) is 4.72. The number of urea groups is 1. The summed E-state index contributed by atoms with van der Waals surface area (Å²) in [7, 11) is 0. The number of anilines is 1. The van der Waals surface area contributed by atoms with Gasteiger partial charge in [0, 0.05) is 18.8 Å². The minimum absolute atomic E-state index is 0.297. The van der Waals surface area contributed by atoms with Gasteiger partial charge in [0.2, 0.25) is 0 Å². The zero-order valence-corrected chi connectivity index (χ0v) is 8.12. The van der Waals surface area contributed by atoms with Crippen molar-refractivity contribution >= 4 is 18.1 Å². The van der Waals surface area contributed by atoms with Crippen molar-refractivity contribution in [2.45, 2.75) is 0 Å². The van der Waals surface area contributed by atoms with E-state index in [0.29, 0.717) is 13.1 Å². The molecule has 0 atom stereocenters. The van der Waals surface area contributed by atoms with Crippen molar-refractivity contribution in [3.05, 3.63) is 30.3 Å². The summed E-state index contributed by atoms with van der Waals surface area (Å²) in [5.74, 6) is 0. The molecule has 0 spiro atoms. The van der Waals surface area contributed by atoms with E-state index in [2.05, 4.69) is 16.0 Å². The van der Waals surface area contributed by atoms with Gasteiger partial charge in [0.1, 0.15) is 0 Å². The van der Waals surface area contributed by atoms with Crippen LogP contribution in [0.15, 0.2) is 30.3 Å². The maximum atomic E-state index is 11.2. The van der Waals surface area contributed by atoms with Gasteiger partial charge in [-0.1, -0.05) is 18.2 Å². The molecule has 0 saturated heterocycles. The monoisotopic (exact) mass is 206 g/mol. The van der Waals surface area contributed by atoms with E-state index in [0.717, 1.165) is 5.69 Å². The molecule has 5 heteroatoms. The van der Waals surface area contributed by atoms with E-state index in [9.17, 15) is 9.59 Å². The molecule has 0 heterocycles. The number of hydrogen-bond donors (Lipinski definition) is 3. The lowest BCUT2D eigenvalue weighted by Crippen LogP contribution is -2.34. The van der Waals surface area contributed by atoms with Gasteiger partial charge in [0.25, 0.3) is 0 Å². The third-order valence-electron chi connectivity index (χ3n) is 1.64. The van der Waals surface area contributed by atoms with Gasteiger partial charge in [0.05, 0.1) is 0 Å². The van der Waals surface area contributed by atoms with Crippen molar-refractivity contribution in [3.63, 3.8) is 0 Å². The summed E-state index contributed by atoms with van der Waals surface area (Å²) in [4.78, 5) is 21.0. The number of para-hydroxylation sites is 1. The number of carbonyl (C=O) groups excluding carboxylic acids is 2. The zero-order valence-electron chi connectivity index (χ0n) is 8.12. The molecule has 1 rings (SSSR count). The first-order valence-electron chi connectivity index (χ1n) is 4.53. The van der Waals surface area contributed by atoms with Gasteiger partial charge in [-0.05, 0) is 12.1 Å². The smallest absolute Gasteiger partial charge is 0.319 e. The fourth-order valence-electron chi connectivity index (χ4n) is 0.986. The minimum atomic E-state index is -0.297. The van der Waals surface area contributed by atoms with Gasteiger partial charge in [-0.25, -0.2) is 4.79 Å². The highest BCUT2D eigenvalue weighted by atomic mass is 16.2. The van der Waals surface area contributed by atoms with Crippen LogP contribution in [0.5, 0.6) is 0 Å². The Balaban J connectivity index is 2.22. The van der Waals surface area contributed by atoms with Crippen molar-refractivity contribution in [3.8, 4) is 0 Å². The van der Waals surface area contributed by atoms with E-state index >= 15 is 0 Å². The molecular weight excluding hydrogens is 194 g/mol. The minimum Gasteiger partial charge on any atom is -0.346 e. The highest BCUT2D eigenvalue weighted by Crippen LogP contribution is 2.03. The molecule has 0 saturated carbocycles. The predicted molar refractivity (Wildman–Crippen MR) is 57.2 cm³/mol. The van der Waals surface area contributed by atoms with Gasteiger partial charge >= 0.3 is 12.4 Å². The second-order valence-electron chi connectivity index (χ2n) is 2.78. The third-order valence-corrected chi connectivity index (χ3v) is 1.64. The summed E-state index contributed by atoms with van der Waals surface area (Å²) >= 11 is 0. The Morgan fingerprint density at radius 3 is 2.60 bits per heavy atom. The van der Waals surface area contributed by atoms with E-state index in [1.807, 2.05) is 18.2 Å². The van der Waals surface area contributed by atoms with Gasteiger partial charge in [-0.15, -0.1) is 0 Å². The molecule has 0 unspecified atom stereocenters. The van der Waals surface area contributed by atoms with Crippen molar-refractivity contribution in [2.24, 2.45) is 0 Å². The summed E-state index contributed by atoms with van der Waals surface area (Å²) in [6, 6.07) is 8.81. The second-order valence-corrected chi connectivity index (χ2v) is 2.78. The van der Waals surface area contributed by atoms with Crippen molar-refractivity contribution < 1.29 is 9.59 Å². The van der Waals surface area contributed by atoms with Gasteiger partial charge in [0.15, 0.2) is 0 Å².